The molecular weight excluding hydrogens is 461 g/mol. The first kappa shape index (κ1) is 23.2. The molecule has 178 valence electrons. The number of aryl methyl sites for hydroxylation is 2. The van der Waals surface area contributed by atoms with Crippen molar-refractivity contribution in [2.24, 2.45) is 0 Å². The first-order valence-electron chi connectivity index (χ1n) is 11.7. The van der Waals surface area contributed by atoms with Crippen molar-refractivity contribution in [2.75, 3.05) is 5.75 Å². The van der Waals surface area contributed by atoms with Gasteiger partial charge in [-0.1, -0.05) is 30.0 Å². The summed E-state index contributed by atoms with van der Waals surface area (Å²) in [6.07, 6.45) is 8.09. The molecule has 6 nitrogen and oxygen atoms in total. The summed E-state index contributed by atoms with van der Waals surface area (Å²) in [5.74, 6) is 0.381. The number of pyridine rings is 1. The molecule has 2 aromatic carbocycles. The number of fused-ring (bicyclic) bond motifs is 1. The van der Waals surface area contributed by atoms with Crippen molar-refractivity contribution in [3.05, 3.63) is 89.5 Å². The molecule has 0 fully saturated rings. The zero-order valence-electron chi connectivity index (χ0n) is 19.4. The second-order valence-electron chi connectivity index (χ2n) is 8.67. The van der Waals surface area contributed by atoms with Gasteiger partial charge in [0.1, 0.15) is 5.82 Å². The maximum Gasteiger partial charge on any atom is 0.230 e. The number of aromatic nitrogens is 4. The number of carbonyl (C=O) groups is 1. The maximum atomic E-state index is 13.6. The molecule has 0 unspecified atom stereocenters. The van der Waals surface area contributed by atoms with E-state index in [1.165, 1.54) is 47.9 Å². The number of hydrogen-bond donors (Lipinski definition) is 1. The highest BCUT2D eigenvalue weighted by atomic mass is 32.2. The minimum absolute atomic E-state index is 0.0839. The Bertz CT molecular complexity index is 1320. The summed E-state index contributed by atoms with van der Waals surface area (Å²) in [5.41, 5.74) is 5.50. The van der Waals surface area contributed by atoms with Gasteiger partial charge in [-0.2, -0.15) is 0 Å². The summed E-state index contributed by atoms with van der Waals surface area (Å²) >= 11 is 1.30. The van der Waals surface area contributed by atoms with Crippen LogP contribution >= 0.6 is 11.8 Å². The molecule has 0 saturated heterocycles. The second kappa shape index (κ2) is 10.4. The van der Waals surface area contributed by atoms with E-state index in [0.717, 1.165) is 24.0 Å². The van der Waals surface area contributed by atoms with E-state index in [9.17, 15) is 9.18 Å². The van der Waals surface area contributed by atoms with Crippen molar-refractivity contribution < 1.29 is 9.18 Å². The van der Waals surface area contributed by atoms with E-state index >= 15 is 0 Å². The van der Waals surface area contributed by atoms with Gasteiger partial charge in [0.15, 0.2) is 11.0 Å². The molecule has 5 rings (SSSR count). The second-order valence-corrected chi connectivity index (χ2v) is 9.61. The number of thioether (sulfide) groups is 1. The number of nitrogens with one attached hydrogen (secondary N) is 1. The predicted molar refractivity (Wildman–Crippen MR) is 135 cm³/mol. The van der Waals surface area contributed by atoms with Crippen LogP contribution in [-0.2, 0) is 17.6 Å². The minimum atomic E-state index is -0.322. The molecule has 8 heteroatoms. The number of hydrogen-bond acceptors (Lipinski definition) is 5. The molecule has 0 radical (unpaired) electrons. The van der Waals surface area contributed by atoms with Gasteiger partial charge in [0.05, 0.1) is 11.8 Å². The van der Waals surface area contributed by atoms with Crippen LogP contribution in [-0.4, -0.2) is 31.4 Å². The van der Waals surface area contributed by atoms with Crippen molar-refractivity contribution in [1.82, 2.24) is 25.1 Å². The third kappa shape index (κ3) is 5.27. The lowest BCUT2D eigenvalue weighted by Crippen LogP contribution is -2.28. The first-order valence-corrected chi connectivity index (χ1v) is 12.7. The normalized spacial score (nSPS) is 13.8. The van der Waals surface area contributed by atoms with Gasteiger partial charge in [-0.3, -0.25) is 14.3 Å². The molecule has 1 amide bonds. The lowest BCUT2D eigenvalue weighted by atomic mass is 9.89. The molecule has 2 heterocycles. The van der Waals surface area contributed by atoms with Gasteiger partial charge in [-0.05, 0) is 85.7 Å². The molecule has 2 aromatic heterocycles. The quantitative estimate of drug-likeness (QED) is 0.357. The summed E-state index contributed by atoms with van der Waals surface area (Å²) in [5, 5.41) is 12.3. The van der Waals surface area contributed by atoms with E-state index < -0.39 is 0 Å². The van der Waals surface area contributed by atoms with Crippen LogP contribution in [0.15, 0.2) is 72.1 Å². The minimum Gasteiger partial charge on any atom is -0.349 e. The molecule has 35 heavy (non-hydrogen) atoms. The Morgan fingerprint density at radius 1 is 1.03 bits per heavy atom. The maximum absolute atomic E-state index is 13.6. The number of rotatable bonds is 7. The van der Waals surface area contributed by atoms with Gasteiger partial charge in [0.25, 0.3) is 0 Å². The van der Waals surface area contributed by atoms with Crippen LogP contribution < -0.4 is 5.32 Å². The Labute approximate surface area is 208 Å². The average molecular weight is 488 g/mol. The zero-order chi connectivity index (χ0) is 24.2. The van der Waals surface area contributed by atoms with Crippen LogP contribution in [0.5, 0.6) is 0 Å². The van der Waals surface area contributed by atoms with Crippen molar-refractivity contribution in [3.8, 4) is 17.1 Å². The summed E-state index contributed by atoms with van der Waals surface area (Å²) in [4.78, 5) is 16.9. The van der Waals surface area contributed by atoms with Gasteiger partial charge in [0.2, 0.25) is 5.91 Å². The van der Waals surface area contributed by atoms with Crippen LogP contribution in [0.4, 0.5) is 4.39 Å². The fourth-order valence-electron chi connectivity index (χ4n) is 4.39. The third-order valence-electron chi connectivity index (χ3n) is 6.24. The predicted octanol–water partition coefficient (Wildman–Crippen LogP) is 5.32. The highest BCUT2D eigenvalue weighted by Crippen LogP contribution is 2.28. The van der Waals surface area contributed by atoms with E-state index in [1.807, 2.05) is 23.6 Å². The lowest BCUT2D eigenvalue weighted by molar-refractivity contribution is -0.119. The number of nitrogens with zero attached hydrogens (tertiary/aromatic N) is 4. The summed E-state index contributed by atoms with van der Waals surface area (Å²) in [6, 6.07) is 16.3. The average Bonchev–Trinajstić information content (AvgIpc) is 3.32. The Morgan fingerprint density at radius 2 is 1.77 bits per heavy atom. The number of benzene rings is 2. The fraction of sp³-hybridized carbons (Fsp3) is 0.259. The van der Waals surface area contributed by atoms with Gasteiger partial charge >= 0.3 is 0 Å². The number of amides is 1. The summed E-state index contributed by atoms with van der Waals surface area (Å²) < 4.78 is 15.4. The van der Waals surface area contributed by atoms with Crippen LogP contribution in [0.1, 0.15) is 42.5 Å². The van der Waals surface area contributed by atoms with Crippen LogP contribution in [0.25, 0.3) is 17.1 Å². The van der Waals surface area contributed by atoms with E-state index in [1.54, 1.807) is 24.5 Å². The highest BCUT2D eigenvalue weighted by molar-refractivity contribution is 7.99. The molecule has 0 spiro atoms. The van der Waals surface area contributed by atoms with E-state index in [4.69, 9.17) is 0 Å². The van der Waals surface area contributed by atoms with Crippen molar-refractivity contribution in [2.45, 2.75) is 43.8 Å². The molecule has 1 atom stereocenters. The Kier molecular flexibility index (Phi) is 6.90. The third-order valence-corrected chi connectivity index (χ3v) is 7.17. The largest absolute Gasteiger partial charge is 0.349 e. The van der Waals surface area contributed by atoms with E-state index in [0.29, 0.717) is 16.7 Å². The lowest BCUT2D eigenvalue weighted by Gasteiger charge is -2.20. The van der Waals surface area contributed by atoms with Crippen molar-refractivity contribution in [3.63, 3.8) is 0 Å². The highest BCUT2D eigenvalue weighted by Gasteiger charge is 2.19. The van der Waals surface area contributed by atoms with Gasteiger partial charge in [-0.15, -0.1) is 10.2 Å². The van der Waals surface area contributed by atoms with E-state index in [-0.39, 0.29) is 23.5 Å². The molecule has 0 bridgehead atoms. The summed E-state index contributed by atoms with van der Waals surface area (Å²) in [6.45, 7) is 2.01. The molecule has 0 saturated carbocycles. The zero-order valence-corrected chi connectivity index (χ0v) is 20.3. The number of halogens is 1. The molecular formula is C27H26FN5OS. The van der Waals surface area contributed by atoms with Crippen LogP contribution in [0.3, 0.4) is 0 Å². The van der Waals surface area contributed by atoms with Gasteiger partial charge < -0.3 is 5.32 Å². The standard InChI is InChI=1S/C27H26FN5OS/c1-18(21-7-6-19-4-2-3-5-22(19)16-21)30-25(34)17-35-27-32-31-26(20-12-14-29-15-13-20)33(27)24-10-8-23(28)9-11-24/h6-16,18H,2-5,17H2,1H3,(H,30,34)/t18-/m1/s1. The van der Waals surface area contributed by atoms with Gasteiger partial charge in [-0.25, -0.2) is 4.39 Å². The van der Waals surface area contributed by atoms with Crippen molar-refractivity contribution in [1.29, 1.82) is 0 Å². The smallest absolute Gasteiger partial charge is 0.230 e. The SMILES string of the molecule is C[C@@H](NC(=O)CSc1nnc(-c2ccncc2)n1-c1ccc(F)cc1)c1ccc2c(c1)CCCC2. The van der Waals surface area contributed by atoms with Crippen LogP contribution in [0.2, 0.25) is 0 Å². The Hall–Kier alpha value is -3.52. The number of carbonyl (C=O) groups excluding carboxylic acids is 1. The van der Waals surface area contributed by atoms with Crippen LogP contribution in [0, 0.1) is 5.82 Å². The molecule has 1 aliphatic carbocycles. The molecule has 1 aliphatic rings. The monoisotopic (exact) mass is 487 g/mol. The van der Waals surface area contributed by atoms with Crippen molar-refractivity contribution >= 4 is 17.7 Å². The Balaban J connectivity index is 1.31. The first-order chi connectivity index (χ1) is 17.1. The molecule has 1 N–H and O–H groups in total. The molecule has 4 aromatic rings. The summed E-state index contributed by atoms with van der Waals surface area (Å²) in [7, 11) is 0. The van der Waals surface area contributed by atoms with Gasteiger partial charge in [0, 0.05) is 23.6 Å². The van der Waals surface area contributed by atoms with E-state index in [2.05, 4.69) is 38.7 Å². The fourth-order valence-corrected chi connectivity index (χ4v) is 5.16. The topological polar surface area (TPSA) is 72.7 Å². The molecule has 0 aliphatic heterocycles. The Morgan fingerprint density at radius 3 is 2.54 bits per heavy atom.